The summed E-state index contributed by atoms with van der Waals surface area (Å²) in [6.45, 7) is 5.30. The standard InChI is InChI=1S/C15H20N5O.C7H8O3S/c1-18-7-8-19(2)15(18)17-16-13-3-5-14(6-4-13)20-9-11-21-12-10-20;1-6-2-4-7(5-3-6)11(8,9)10/h3-8H,9-12H2,1-2H3;2-5H,1H3,(H,8,9,10)/q+1;/p-1. The summed E-state index contributed by atoms with van der Waals surface area (Å²) in [4.78, 5) is 2.14. The van der Waals surface area contributed by atoms with Crippen molar-refractivity contribution in [2.45, 2.75) is 11.8 Å². The minimum Gasteiger partial charge on any atom is -0.744 e. The number of imidazole rings is 1. The van der Waals surface area contributed by atoms with Gasteiger partial charge in [0.25, 0.3) is 0 Å². The molecule has 1 fully saturated rings. The second-order valence-corrected chi connectivity index (χ2v) is 8.78. The Morgan fingerprint density at radius 1 is 1.00 bits per heavy atom. The highest BCUT2D eigenvalue weighted by atomic mass is 32.2. The fourth-order valence-electron chi connectivity index (χ4n) is 3.08. The molecule has 1 aliphatic rings. The first-order valence-corrected chi connectivity index (χ1v) is 11.5. The van der Waals surface area contributed by atoms with Gasteiger partial charge in [-0.25, -0.2) is 17.6 Å². The van der Waals surface area contributed by atoms with Gasteiger partial charge in [-0.15, -0.1) is 0 Å². The van der Waals surface area contributed by atoms with E-state index in [1.54, 1.807) is 12.1 Å². The number of hydrogen-bond donors (Lipinski definition) is 0. The van der Waals surface area contributed by atoms with E-state index in [0.717, 1.165) is 43.5 Å². The number of ether oxygens (including phenoxy) is 1. The fourth-order valence-corrected chi connectivity index (χ4v) is 3.55. The van der Waals surface area contributed by atoms with Gasteiger partial charge in [0, 0.05) is 23.9 Å². The van der Waals surface area contributed by atoms with Gasteiger partial charge in [0.05, 0.1) is 44.6 Å². The maximum Gasteiger partial charge on any atom is 0.421 e. The third kappa shape index (κ3) is 6.46. The number of morpholine rings is 1. The Kier molecular flexibility index (Phi) is 7.73. The number of aromatic nitrogens is 2. The highest BCUT2D eigenvalue weighted by molar-refractivity contribution is 7.85. The lowest BCUT2D eigenvalue weighted by molar-refractivity contribution is -0.657. The molecule has 170 valence electrons. The fraction of sp³-hybridized carbons (Fsp3) is 0.318. The maximum absolute atomic E-state index is 10.4. The topological polar surface area (TPSA) is 103 Å². The van der Waals surface area contributed by atoms with Crippen molar-refractivity contribution in [3.63, 3.8) is 0 Å². The molecule has 0 unspecified atom stereocenters. The molecule has 3 aromatic rings. The Bertz CT molecular complexity index is 1130. The molecule has 1 saturated heterocycles. The summed E-state index contributed by atoms with van der Waals surface area (Å²) >= 11 is 0. The molecule has 0 spiro atoms. The maximum atomic E-state index is 10.4. The van der Waals surface area contributed by atoms with Crippen LogP contribution in [-0.4, -0.2) is 43.8 Å². The van der Waals surface area contributed by atoms with E-state index in [9.17, 15) is 13.0 Å². The van der Waals surface area contributed by atoms with Crippen LogP contribution in [0.2, 0.25) is 0 Å². The summed E-state index contributed by atoms with van der Waals surface area (Å²) < 4.78 is 40.4. The number of azo groups is 1. The first kappa shape index (κ1) is 23.6. The molecule has 32 heavy (non-hydrogen) atoms. The minimum absolute atomic E-state index is 0.178. The molecular formula is C22H27N5O4S. The number of hydrogen-bond acceptors (Lipinski definition) is 7. The summed E-state index contributed by atoms with van der Waals surface area (Å²) in [5, 5.41) is 8.59. The van der Waals surface area contributed by atoms with Crippen LogP contribution < -0.4 is 9.47 Å². The summed E-state index contributed by atoms with van der Waals surface area (Å²) in [7, 11) is -0.361. The zero-order valence-electron chi connectivity index (χ0n) is 18.4. The molecule has 0 radical (unpaired) electrons. The molecule has 0 aliphatic carbocycles. The molecule has 0 bridgehead atoms. The van der Waals surface area contributed by atoms with Crippen LogP contribution in [0.4, 0.5) is 17.3 Å². The number of benzene rings is 2. The van der Waals surface area contributed by atoms with E-state index in [0.29, 0.717) is 0 Å². The number of aryl methyl sites for hydroxylation is 3. The monoisotopic (exact) mass is 457 g/mol. The third-order valence-electron chi connectivity index (χ3n) is 4.94. The second kappa shape index (κ2) is 10.5. The molecule has 0 atom stereocenters. The molecule has 0 amide bonds. The van der Waals surface area contributed by atoms with Crippen LogP contribution >= 0.6 is 0 Å². The van der Waals surface area contributed by atoms with E-state index in [2.05, 4.69) is 27.3 Å². The van der Waals surface area contributed by atoms with Gasteiger partial charge >= 0.3 is 5.95 Å². The lowest BCUT2D eigenvalue weighted by atomic mass is 10.2. The average molecular weight is 458 g/mol. The molecule has 2 aromatic carbocycles. The van der Waals surface area contributed by atoms with Gasteiger partial charge in [-0.3, -0.25) is 0 Å². The van der Waals surface area contributed by atoms with Crippen LogP contribution in [-0.2, 0) is 29.0 Å². The van der Waals surface area contributed by atoms with E-state index in [4.69, 9.17) is 4.74 Å². The van der Waals surface area contributed by atoms with Gasteiger partial charge in [-0.05, 0) is 43.3 Å². The predicted molar refractivity (Wildman–Crippen MR) is 119 cm³/mol. The van der Waals surface area contributed by atoms with E-state index >= 15 is 0 Å². The first-order valence-electron chi connectivity index (χ1n) is 10.1. The normalized spacial score (nSPS) is 14.3. The highest BCUT2D eigenvalue weighted by Crippen LogP contribution is 2.22. The van der Waals surface area contributed by atoms with Gasteiger partial charge in [0.2, 0.25) is 0 Å². The molecule has 4 rings (SSSR count). The Hall–Kier alpha value is -3.08. The number of nitrogens with zero attached hydrogens (tertiary/aromatic N) is 5. The molecule has 1 aliphatic heterocycles. The SMILES string of the molecule is Cc1ccc(S(=O)(=O)[O-])cc1.Cn1cc[n+](C)c1N=Nc1ccc(N2CCOCC2)cc1. The van der Waals surface area contributed by atoms with E-state index < -0.39 is 10.1 Å². The highest BCUT2D eigenvalue weighted by Gasteiger charge is 2.12. The van der Waals surface area contributed by atoms with E-state index in [1.165, 1.54) is 17.8 Å². The van der Waals surface area contributed by atoms with Crippen molar-refractivity contribution in [2.24, 2.45) is 24.3 Å². The molecule has 9 nitrogen and oxygen atoms in total. The minimum atomic E-state index is -4.27. The Labute approximate surface area is 188 Å². The van der Waals surface area contributed by atoms with Crippen molar-refractivity contribution < 1.29 is 22.3 Å². The first-order chi connectivity index (χ1) is 15.2. The van der Waals surface area contributed by atoms with Crippen molar-refractivity contribution in [1.29, 1.82) is 0 Å². The molecule has 2 heterocycles. The summed E-state index contributed by atoms with van der Waals surface area (Å²) in [6.07, 6.45) is 3.91. The van der Waals surface area contributed by atoms with Gasteiger partial charge in [0.15, 0.2) is 0 Å². The second-order valence-electron chi connectivity index (χ2n) is 7.40. The molecular weight excluding hydrogens is 430 g/mol. The average Bonchev–Trinajstić information content (AvgIpc) is 3.11. The van der Waals surface area contributed by atoms with Crippen LogP contribution in [0.3, 0.4) is 0 Å². The van der Waals surface area contributed by atoms with Crippen molar-refractivity contribution in [3.8, 4) is 0 Å². The van der Waals surface area contributed by atoms with Crippen molar-refractivity contribution >= 4 is 27.4 Å². The lowest BCUT2D eigenvalue weighted by Crippen LogP contribution is -2.36. The Morgan fingerprint density at radius 3 is 2.16 bits per heavy atom. The number of anilines is 1. The zero-order chi connectivity index (χ0) is 23.1. The number of rotatable bonds is 4. The van der Waals surface area contributed by atoms with E-state index in [1.807, 2.05) is 54.7 Å². The molecule has 0 saturated carbocycles. The van der Waals surface area contributed by atoms with Gasteiger partial charge in [0.1, 0.15) is 15.8 Å². The summed E-state index contributed by atoms with van der Waals surface area (Å²) in [5.74, 6) is 0.812. The van der Waals surface area contributed by atoms with Crippen LogP contribution in [0.25, 0.3) is 0 Å². The van der Waals surface area contributed by atoms with Gasteiger partial charge in [-0.1, -0.05) is 22.8 Å². The molecule has 0 N–H and O–H groups in total. The smallest absolute Gasteiger partial charge is 0.421 e. The van der Waals surface area contributed by atoms with Crippen molar-refractivity contribution in [3.05, 3.63) is 66.5 Å². The Morgan fingerprint density at radius 2 is 1.62 bits per heavy atom. The summed E-state index contributed by atoms with van der Waals surface area (Å²) in [6, 6.07) is 14.0. The summed E-state index contributed by atoms with van der Waals surface area (Å²) in [5.41, 5.74) is 2.99. The molecule has 1 aromatic heterocycles. The quantitative estimate of drug-likeness (QED) is 0.340. The van der Waals surface area contributed by atoms with E-state index in [-0.39, 0.29) is 4.90 Å². The third-order valence-corrected chi connectivity index (χ3v) is 5.78. The van der Waals surface area contributed by atoms with Crippen molar-refractivity contribution in [1.82, 2.24) is 4.57 Å². The predicted octanol–water partition coefficient (Wildman–Crippen LogP) is 3.00. The van der Waals surface area contributed by atoms with Crippen molar-refractivity contribution in [2.75, 3.05) is 31.2 Å². The van der Waals surface area contributed by atoms with Gasteiger partial charge < -0.3 is 14.2 Å². The van der Waals surface area contributed by atoms with Crippen LogP contribution in [0.5, 0.6) is 0 Å². The van der Waals surface area contributed by atoms with Gasteiger partial charge in [-0.2, -0.15) is 0 Å². The molecule has 10 heteroatoms. The van der Waals surface area contributed by atoms with Crippen LogP contribution in [0.1, 0.15) is 5.56 Å². The lowest BCUT2D eigenvalue weighted by Gasteiger charge is -2.28. The van der Waals surface area contributed by atoms with Crippen LogP contribution in [0, 0.1) is 6.92 Å². The largest absolute Gasteiger partial charge is 0.744 e. The Balaban J connectivity index is 0.000000222. The van der Waals surface area contributed by atoms with Crippen LogP contribution in [0.15, 0.2) is 76.0 Å². The zero-order valence-corrected chi connectivity index (χ0v) is 19.2.